The first-order chi connectivity index (χ1) is 11.1. The summed E-state index contributed by atoms with van der Waals surface area (Å²) in [5, 5.41) is 3.47. The molecule has 1 heterocycles. The van der Waals surface area contributed by atoms with Crippen LogP contribution in [0.1, 0.15) is 16.1 Å². The van der Waals surface area contributed by atoms with Crippen LogP contribution in [0.15, 0.2) is 65.1 Å². The zero-order chi connectivity index (χ0) is 16.2. The van der Waals surface area contributed by atoms with Crippen LogP contribution in [-0.2, 0) is 6.54 Å². The van der Waals surface area contributed by atoms with Crippen molar-refractivity contribution in [2.24, 2.45) is 0 Å². The largest absolute Gasteiger partial charge is 0.459 e. The van der Waals surface area contributed by atoms with Crippen LogP contribution in [0.4, 0.5) is 5.69 Å². The Morgan fingerprint density at radius 1 is 1.04 bits per heavy atom. The minimum atomic E-state index is -0.229. The van der Waals surface area contributed by atoms with Gasteiger partial charge in [0.05, 0.1) is 12.1 Å². The molecule has 0 saturated heterocycles. The zero-order valence-corrected chi connectivity index (χ0v) is 13.0. The first-order valence-corrected chi connectivity index (χ1v) is 7.48. The van der Waals surface area contributed by atoms with E-state index in [1.54, 1.807) is 36.4 Å². The molecule has 1 amide bonds. The number of amides is 1. The number of rotatable bonds is 4. The third-order valence-electron chi connectivity index (χ3n) is 3.42. The molecule has 0 spiro atoms. The molecule has 0 fully saturated rings. The van der Waals surface area contributed by atoms with Crippen molar-refractivity contribution in [3.05, 3.63) is 77.0 Å². The Bertz CT molecular complexity index is 825. The van der Waals surface area contributed by atoms with E-state index in [4.69, 9.17) is 21.8 Å². The summed E-state index contributed by atoms with van der Waals surface area (Å²) in [7, 11) is 0. The number of hydrogen-bond donors (Lipinski definition) is 2. The van der Waals surface area contributed by atoms with Crippen LogP contribution in [0, 0.1) is 0 Å². The second-order valence-corrected chi connectivity index (χ2v) is 5.48. The Hall–Kier alpha value is -2.72. The van der Waals surface area contributed by atoms with E-state index in [9.17, 15) is 4.79 Å². The topological polar surface area (TPSA) is 68.3 Å². The Labute approximate surface area is 138 Å². The number of hydrogen-bond acceptors (Lipinski definition) is 3. The summed E-state index contributed by atoms with van der Waals surface area (Å²) in [5.41, 5.74) is 7.62. The fourth-order valence-electron chi connectivity index (χ4n) is 2.21. The predicted molar refractivity (Wildman–Crippen MR) is 91.2 cm³/mol. The fraction of sp³-hybridized carbons (Fsp3) is 0.0556. The molecule has 0 radical (unpaired) electrons. The Kier molecular flexibility index (Phi) is 4.35. The van der Waals surface area contributed by atoms with Crippen molar-refractivity contribution in [1.29, 1.82) is 0 Å². The third-order valence-corrected chi connectivity index (χ3v) is 3.67. The van der Waals surface area contributed by atoms with Gasteiger partial charge in [-0.3, -0.25) is 4.79 Å². The molecule has 0 unspecified atom stereocenters. The number of nitrogens with one attached hydrogen (secondary N) is 1. The number of nitrogens with two attached hydrogens (primary N) is 1. The molecule has 5 heteroatoms. The van der Waals surface area contributed by atoms with Crippen molar-refractivity contribution in [2.45, 2.75) is 6.54 Å². The van der Waals surface area contributed by atoms with Crippen molar-refractivity contribution in [3.63, 3.8) is 0 Å². The van der Waals surface area contributed by atoms with Crippen LogP contribution in [0.5, 0.6) is 0 Å². The van der Waals surface area contributed by atoms with E-state index in [2.05, 4.69) is 5.32 Å². The van der Waals surface area contributed by atoms with Crippen LogP contribution in [-0.4, -0.2) is 5.91 Å². The van der Waals surface area contributed by atoms with Crippen molar-refractivity contribution < 1.29 is 9.21 Å². The van der Waals surface area contributed by atoms with Gasteiger partial charge in [-0.25, -0.2) is 0 Å². The predicted octanol–water partition coefficient (Wildman–Crippen LogP) is 4.11. The van der Waals surface area contributed by atoms with E-state index < -0.39 is 0 Å². The molecule has 2 aromatic carbocycles. The van der Waals surface area contributed by atoms with Crippen molar-refractivity contribution in [1.82, 2.24) is 5.32 Å². The number of anilines is 1. The number of benzene rings is 2. The molecule has 4 nitrogen and oxygen atoms in total. The number of carbonyl (C=O) groups is 1. The van der Waals surface area contributed by atoms with Gasteiger partial charge in [0, 0.05) is 16.3 Å². The SMILES string of the molecule is Nc1ccccc1C(=O)NCc1ccc(-c2ccc(Cl)cc2)o1. The van der Waals surface area contributed by atoms with Crippen LogP contribution in [0.2, 0.25) is 5.02 Å². The van der Waals surface area contributed by atoms with Gasteiger partial charge in [-0.05, 0) is 48.5 Å². The average Bonchev–Trinajstić information content (AvgIpc) is 3.03. The molecule has 3 rings (SSSR count). The molecule has 0 atom stereocenters. The Morgan fingerprint density at radius 3 is 2.52 bits per heavy atom. The highest BCUT2D eigenvalue weighted by Crippen LogP contribution is 2.23. The number of nitrogen functional groups attached to an aromatic ring is 1. The highest BCUT2D eigenvalue weighted by atomic mass is 35.5. The second kappa shape index (κ2) is 6.58. The molecule has 0 aliphatic rings. The smallest absolute Gasteiger partial charge is 0.253 e. The van der Waals surface area contributed by atoms with E-state index in [0.717, 1.165) is 11.3 Å². The summed E-state index contributed by atoms with van der Waals surface area (Å²) in [5.74, 6) is 1.16. The van der Waals surface area contributed by atoms with Crippen LogP contribution in [0.3, 0.4) is 0 Å². The first kappa shape index (κ1) is 15.2. The molecule has 0 aliphatic heterocycles. The van der Waals surface area contributed by atoms with Gasteiger partial charge in [0.25, 0.3) is 5.91 Å². The summed E-state index contributed by atoms with van der Waals surface area (Å²) in [6.45, 7) is 0.292. The van der Waals surface area contributed by atoms with Crippen LogP contribution >= 0.6 is 11.6 Å². The highest BCUT2D eigenvalue weighted by Gasteiger charge is 2.10. The van der Waals surface area contributed by atoms with Gasteiger partial charge in [0.15, 0.2) is 0 Å². The average molecular weight is 327 g/mol. The Morgan fingerprint density at radius 2 is 1.78 bits per heavy atom. The molecule has 1 aromatic heterocycles. The minimum absolute atomic E-state index is 0.229. The lowest BCUT2D eigenvalue weighted by atomic mass is 10.1. The van der Waals surface area contributed by atoms with Gasteiger partial charge in [0.2, 0.25) is 0 Å². The van der Waals surface area contributed by atoms with E-state index in [0.29, 0.717) is 28.6 Å². The summed E-state index contributed by atoms with van der Waals surface area (Å²) in [6.07, 6.45) is 0. The molecular formula is C18H15ClN2O2. The third kappa shape index (κ3) is 3.55. The van der Waals surface area contributed by atoms with Gasteiger partial charge in [-0.1, -0.05) is 23.7 Å². The van der Waals surface area contributed by atoms with Gasteiger partial charge in [-0.2, -0.15) is 0 Å². The maximum atomic E-state index is 12.1. The molecule has 3 N–H and O–H groups in total. The number of carbonyl (C=O) groups excluding carboxylic acids is 1. The lowest BCUT2D eigenvalue weighted by Gasteiger charge is -2.05. The van der Waals surface area contributed by atoms with E-state index in [1.165, 1.54) is 0 Å². The maximum absolute atomic E-state index is 12.1. The summed E-state index contributed by atoms with van der Waals surface area (Å²) in [4.78, 5) is 12.1. The molecule has 0 bridgehead atoms. The normalized spacial score (nSPS) is 10.5. The van der Waals surface area contributed by atoms with E-state index >= 15 is 0 Å². The van der Waals surface area contributed by atoms with Crippen molar-refractivity contribution >= 4 is 23.2 Å². The number of para-hydroxylation sites is 1. The summed E-state index contributed by atoms with van der Waals surface area (Å²) in [6, 6.07) is 18.0. The minimum Gasteiger partial charge on any atom is -0.459 e. The zero-order valence-electron chi connectivity index (χ0n) is 12.3. The molecule has 23 heavy (non-hydrogen) atoms. The van der Waals surface area contributed by atoms with E-state index in [1.807, 2.05) is 24.3 Å². The highest BCUT2D eigenvalue weighted by molar-refractivity contribution is 6.30. The number of halogens is 1. The first-order valence-electron chi connectivity index (χ1n) is 7.11. The molecule has 0 saturated carbocycles. The van der Waals surface area contributed by atoms with Gasteiger partial charge in [0.1, 0.15) is 11.5 Å². The van der Waals surface area contributed by atoms with Crippen molar-refractivity contribution in [3.8, 4) is 11.3 Å². The lowest BCUT2D eigenvalue weighted by Crippen LogP contribution is -2.23. The van der Waals surface area contributed by atoms with E-state index in [-0.39, 0.29) is 5.91 Å². The van der Waals surface area contributed by atoms with Crippen LogP contribution in [0.25, 0.3) is 11.3 Å². The van der Waals surface area contributed by atoms with Crippen LogP contribution < -0.4 is 11.1 Å². The van der Waals surface area contributed by atoms with Gasteiger partial charge in [-0.15, -0.1) is 0 Å². The van der Waals surface area contributed by atoms with Gasteiger partial charge < -0.3 is 15.5 Å². The molecule has 0 aliphatic carbocycles. The lowest BCUT2D eigenvalue weighted by molar-refractivity contribution is 0.0949. The molecule has 116 valence electrons. The summed E-state index contributed by atoms with van der Waals surface area (Å²) < 4.78 is 5.74. The van der Waals surface area contributed by atoms with Crippen molar-refractivity contribution in [2.75, 3.05) is 5.73 Å². The van der Waals surface area contributed by atoms with Gasteiger partial charge >= 0.3 is 0 Å². The summed E-state index contributed by atoms with van der Waals surface area (Å²) >= 11 is 5.87. The monoisotopic (exact) mass is 326 g/mol. The fourth-order valence-corrected chi connectivity index (χ4v) is 2.33. The Balaban J connectivity index is 1.67. The number of furan rings is 1. The quantitative estimate of drug-likeness (QED) is 0.709. The molecular weight excluding hydrogens is 312 g/mol. The standard InChI is InChI=1S/C18H15ClN2O2/c19-13-7-5-12(6-8-13)17-10-9-14(23-17)11-21-18(22)15-3-1-2-4-16(15)20/h1-10H,11,20H2,(H,21,22). The molecule has 3 aromatic rings. The maximum Gasteiger partial charge on any atom is 0.253 e. The second-order valence-electron chi connectivity index (χ2n) is 5.04.